The number of nitrogens with one attached hydrogen (secondary N) is 1. The molecule has 0 aliphatic carbocycles. The molecule has 1 N–H and O–H groups in total. The third-order valence-corrected chi connectivity index (χ3v) is 3.88. The molecule has 0 bridgehead atoms. The second-order valence-electron chi connectivity index (χ2n) is 7.15. The molecule has 0 spiro atoms. The Hall–Kier alpha value is -1.21. The Morgan fingerprint density at radius 3 is 2.37 bits per heavy atom. The largest absolute Gasteiger partial charge is 0.458 e. The summed E-state index contributed by atoms with van der Waals surface area (Å²) in [5, 5.41) is 2.08. The Morgan fingerprint density at radius 1 is 1.19 bits per heavy atom. The van der Waals surface area contributed by atoms with Gasteiger partial charge in [-0.2, -0.15) is 0 Å². The predicted octanol–water partition coefficient (Wildman–Crippen LogP) is 4.15. The molecular weight excluding hydrogens is 417 g/mol. The maximum atomic E-state index is 12.2. The molecule has 0 aromatic heterocycles. The lowest BCUT2D eigenvalue weighted by molar-refractivity contribution is -0.156. The van der Waals surface area contributed by atoms with Crippen LogP contribution in [0, 0.1) is 0 Å². The molecule has 0 saturated carbocycles. The molecule has 1 aromatic rings. The number of alkyl halides is 3. The summed E-state index contributed by atoms with van der Waals surface area (Å²) < 4.78 is 14.1. The van der Waals surface area contributed by atoms with Crippen molar-refractivity contribution in [3.63, 3.8) is 0 Å². The summed E-state index contributed by atoms with van der Waals surface area (Å²) in [6.07, 6.45) is -1.95. The van der Waals surface area contributed by atoms with Crippen LogP contribution in [-0.4, -0.2) is 39.9 Å². The van der Waals surface area contributed by atoms with E-state index in [1.165, 1.54) is 0 Å². The van der Waals surface area contributed by atoms with Gasteiger partial charge in [-0.1, -0.05) is 65.1 Å². The van der Waals surface area contributed by atoms with E-state index in [0.717, 1.165) is 5.56 Å². The average molecular weight is 439 g/mol. The van der Waals surface area contributed by atoms with E-state index in [1.807, 2.05) is 30.3 Å². The number of aryl methyl sites for hydroxylation is 1. The van der Waals surface area contributed by atoms with E-state index in [9.17, 15) is 9.59 Å². The number of benzene rings is 1. The van der Waals surface area contributed by atoms with Crippen molar-refractivity contribution in [3.8, 4) is 0 Å². The molecule has 0 radical (unpaired) electrons. The first-order chi connectivity index (χ1) is 12.4. The van der Waals surface area contributed by atoms with Gasteiger partial charge in [-0.25, -0.2) is 9.59 Å². The number of alkyl carbamates (subject to hydrolysis) is 1. The molecule has 1 aliphatic heterocycles. The van der Waals surface area contributed by atoms with Crippen molar-refractivity contribution in [3.05, 3.63) is 35.9 Å². The molecule has 27 heavy (non-hydrogen) atoms. The van der Waals surface area contributed by atoms with Crippen LogP contribution in [0.25, 0.3) is 0 Å². The number of hydrogen-bond donors (Lipinski definition) is 1. The highest BCUT2D eigenvalue weighted by molar-refractivity contribution is 6.67. The van der Waals surface area contributed by atoms with E-state index in [4.69, 9.17) is 49.0 Å². The quantitative estimate of drug-likeness (QED) is 0.312. The normalized spacial score (nSPS) is 20.5. The minimum atomic E-state index is -1.99. The van der Waals surface area contributed by atoms with Gasteiger partial charge in [0.05, 0.1) is 0 Å². The first-order valence-corrected chi connectivity index (χ1v) is 9.56. The van der Waals surface area contributed by atoms with Crippen LogP contribution >= 0.6 is 34.8 Å². The summed E-state index contributed by atoms with van der Waals surface area (Å²) in [6, 6.07) is 9.65. The molecule has 1 fully saturated rings. The minimum absolute atomic E-state index is 0.432. The number of carbonyl (C=O) groups is 2. The molecular formula is C18H22Cl3NO5. The fraction of sp³-hybridized carbons (Fsp3) is 0.556. The standard InChI is InChI=1S/C18H22Cl3NO5/c1-17(2,3)27-15(23)14-13(26-14)12(25-16(24)22-18(19,20)21)10-9-11-7-5-4-6-8-11/h4-8,12-14H,9-10H2,1-3H3,(H,22,24)/t12-,13+,14-/m1/s1. The molecule has 3 atom stereocenters. The Balaban J connectivity index is 1.99. The van der Waals surface area contributed by atoms with E-state index in [-0.39, 0.29) is 0 Å². The summed E-state index contributed by atoms with van der Waals surface area (Å²) in [4.78, 5) is 24.1. The van der Waals surface area contributed by atoms with Crippen molar-refractivity contribution in [2.45, 2.75) is 61.4 Å². The molecule has 1 aliphatic rings. The number of epoxide rings is 1. The molecule has 1 saturated heterocycles. The summed E-state index contributed by atoms with van der Waals surface area (Å²) in [5.74, 6) is -0.498. The summed E-state index contributed by atoms with van der Waals surface area (Å²) in [7, 11) is 0. The number of carbonyl (C=O) groups excluding carboxylic acids is 2. The van der Waals surface area contributed by atoms with Crippen LogP contribution in [0.3, 0.4) is 0 Å². The fourth-order valence-electron chi connectivity index (χ4n) is 2.48. The van der Waals surface area contributed by atoms with E-state index < -0.39 is 39.9 Å². The number of hydrogen-bond acceptors (Lipinski definition) is 5. The van der Waals surface area contributed by atoms with E-state index in [1.54, 1.807) is 20.8 Å². The zero-order chi connectivity index (χ0) is 20.2. The van der Waals surface area contributed by atoms with E-state index >= 15 is 0 Å². The Bertz CT molecular complexity index is 657. The fourth-order valence-corrected chi connectivity index (χ4v) is 2.71. The van der Waals surface area contributed by atoms with Gasteiger partial charge in [-0.3, -0.25) is 5.32 Å². The zero-order valence-electron chi connectivity index (χ0n) is 15.2. The molecule has 1 amide bonds. The summed E-state index contributed by atoms with van der Waals surface area (Å²) in [5.41, 5.74) is 0.420. The van der Waals surface area contributed by atoms with Gasteiger partial charge in [0.2, 0.25) is 0 Å². The second kappa shape index (κ2) is 8.86. The predicted molar refractivity (Wildman–Crippen MR) is 103 cm³/mol. The molecule has 9 heteroatoms. The van der Waals surface area contributed by atoms with Crippen molar-refractivity contribution in [1.82, 2.24) is 5.32 Å². The lowest BCUT2D eigenvalue weighted by atomic mass is 10.0. The minimum Gasteiger partial charge on any atom is -0.458 e. The van der Waals surface area contributed by atoms with Gasteiger partial charge in [0.15, 0.2) is 6.10 Å². The van der Waals surface area contributed by atoms with Crippen LogP contribution < -0.4 is 5.32 Å². The number of amides is 1. The molecule has 1 aromatic carbocycles. The maximum absolute atomic E-state index is 12.2. The first kappa shape index (κ1) is 22.1. The monoisotopic (exact) mass is 437 g/mol. The molecule has 0 unspecified atom stereocenters. The highest BCUT2D eigenvalue weighted by Gasteiger charge is 2.53. The maximum Gasteiger partial charge on any atom is 0.410 e. The van der Waals surface area contributed by atoms with Crippen LogP contribution in [0.15, 0.2) is 30.3 Å². The van der Waals surface area contributed by atoms with Crippen molar-refractivity contribution < 1.29 is 23.8 Å². The Labute approximate surface area is 173 Å². The number of halogens is 3. The van der Waals surface area contributed by atoms with Crippen molar-refractivity contribution in [2.24, 2.45) is 0 Å². The van der Waals surface area contributed by atoms with Gasteiger partial charge in [-0.05, 0) is 39.2 Å². The smallest absolute Gasteiger partial charge is 0.410 e. The number of ether oxygens (including phenoxy) is 3. The third kappa shape index (κ3) is 8.13. The van der Waals surface area contributed by atoms with Crippen LogP contribution in [0.5, 0.6) is 0 Å². The number of esters is 1. The molecule has 1 heterocycles. The van der Waals surface area contributed by atoms with Gasteiger partial charge in [0.25, 0.3) is 3.92 Å². The van der Waals surface area contributed by atoms with Crippen LogP contribution in [0.1, 0.15) is 32.8 Å². The average Bonchev–Trinajstić information content (AvgIpc) is 3.29. The summed E-state index contributed by atoms with van der Waals surface area (Å²) in [6.45, 7) is 5.29. The Morgan fingerprint density at radius 2 is 1.81 bits per heavy atom. The molecule has 2 rings (SSSR count). The highest BCUT2D eigenvalue weighted by atomic mass is 35.6. The van der Waals surface area contributed by atoms with Crippen LogP contribution in [0.2, 0.25) is 0 Å². The van der Waals surface area contributed by atoms with Crippen LogP contribution in [-0.2, 0) is 25.4 Å². The highest BCUT2D eigenvalue weighted by Crippen LogP contribution is 2.32. The summed E-state index contributed by atoms with van der Waals surface area (Å²) >= 11 is 16.6. The zero-order valence-corrected chi connectivity index (χ0v) is 17.5. The van der Waals surface area contributed by atoms with E-state index in [0.29, 0.717) is 12.8 Å². The van der Waals surface area contributed by atoms with Gasteiger partial charge in [-0.15, -0.1) is 0 Å². The molecule has 150 valence electrons. The van der Waals surface area contributed by atoms with Gasteiger partial charge >= 0.3 is 12.1 Å². The molecule has 6 nitrogen and oxygen atoms in total. The Kier molecular flexibility index (Phi) is 7.25. The third-order valence-electron chi connectivity index (χ3n) is 3.59. The SMILES string of the molecule is CC(C)(C)OC(=O)[C@@H]1O[C@H]1[C@@H](CCc1ccccc1)OC(=O)NC(Cl)(Cl)Cl. The van der Waals surface area contributed by atoms with E-state index in [2.05, 4.69) is 5.32 Å². The van der Waals surface area contributed by atoms with Gasteiger partial charge in [0.1, 0.15) is 17.8 Å². The topological polar surface area (TPSA) is 77.2 Å². The van der Waals surface area contributed by atoms with Gasteiger partial charge in [0, 0.05) is 0 Å². The van der Waals surface area contributed by atoms with Crippen molar-refractivity contribution in [1.29, 1.82) is 0 Å². The first-order valence-electron chi connectivity index (χ1n) is 8.42. The number of rotatable bonds is 6. The van der Waals surface area contributed by atoms with Gasteiger partial charge < -0.3 is 14.2 Å². The second-order valence-corrected chi connectivity index (χ2v) is 9.43. The lowest BCUT2D eigenvalue weighted by Crippen LogP contribution is -2.39. The van der Waals surface area contributed by atoms with Crippen molar-refractivity contribution in [2.75, 3.05) is 0 Å². The van der Waals surface area contributed by atoms with Crippen molar-refractivity contribution >= 4 is 46.9 Å². The lowest BCUT2D eigenvalue weighted by Gasteiger charge is -2.20. The van der Waals surface area contributed by atoms with Crippen LogP contribution in [0.4, 0.5) is 4.79 Å².